The van der Waals surface area contributed by atoms with Gasteiger partial charge < -0.3 is 5.11 Å². The van der Waals surface area contributed by atoms with Crippen molar-refractivity contribution in [2.45, 2.75) is 6.42 Å². The molecular formula is C8H12CaO. The molecule has 1 aromatic rings. The van der Waals surface area contributed by atoms with Crippen LogP contribution in [0, 0.1) is 0 Å². The molecule has 0 aliphatic heterocycles. The molecule has 0 bridgehead atoms. The molecule has 0 fully saturated rings. The Morgan fingerprint density at radius 1 is 1.10 bits per heavy atom. The summed E-state index contributed by atoms with van der Waals surface area (Å²) in [7, 11) is 0. The van der Waals surface area contributed by atoms with Crippen LogP contribution in [-0.2, 0) is 6.42 Å². The quantitative estimate of drug-likeness (QED) is 0.624. The Hall–Kier alpha value is 0.440. The summed E-state index contributed by atoms with van der Waals surface area (Å²) < 4.78 is 0. The first kappa shape index (κ1) is 10.4. The molecule has 1 rings (SSSR count). The van der Waals surface area contributed by atoms with E-state index < -0.39 is 0 Å². The van der Waals surface area contributed by atoms with Crippen molar-refractivity contribution in [1.29, 1.82) is 0 Å². The maximum absolute atomic E-state index is 8.52. The van der Waals surface area contributed by atoms with E-state index in [4.69, 9.17) is 5.11 Å². The summed E-state index contributed by atoms with van der Waals surface area (Å²) in [6, 6.07) is 9.95. The van der Waals surface area contributed by atoms with E-state index in [2.05, 4.69) is 0 Å². The second-order valence-corrected chi connectivity index (χ2v) is 1.96. The average molecular weight is 164 g/mol. The van der Waals surface area contributed by atoms with Gasteiger partial charge in [-0.15, -0.1) is 0 Å². The summed E-state index contributed by atoms with van der Waals surface area (Å²) in [6.07, 6.45) is 0.765. The Morgan fingerprint density at radius 2 is 1.70 bits per heavy atom. The van der Waals surface area contributed by atoms with Crippen LogP contribution in [0.25, 0.3) is 0 Å². The third-order valence-electron chi connectivity index (χ3n) is 1.24. The molecule has 0 unspecified atom stereocenters. The van der Waals surface area contributed by atoms with Crippen molar-refractivity contribution in [3.05, 3.63) is 35.9 Å². The van der Waals surface area contributed by atoms with E-state index in [9.17, 15) is 0 Å². The Labute approximate surface area is 91.1 Å². The van der Waals surface area contributed by atoms with E-state index in [1.807, 2.05) is 30.3 Å². The minimum atomic E-state index is 0. The van der Waals surface area contributed by atoms with Gasteiger partial charge in [0.25, 0.3) is 0 Å². The predicted octanol–water partition coefficient (Wildman–Crippen LogP) is 0.305. The van der Waals surface area contributed by atoms with E-state index >= 15 is 0 Å². The molecule has 52 valence electrons. The van der Waals surface area contributed by atoms with Gasteiger partial charge in [-0.1, -0.05) is 30.3 Å². The zero-order valence-electron chi connectivity index (χ0n) is 5.25. The Morgan fingerprint density at radius 3 is 2.20 bits per heavy atom. The SMILES string of the molecule is OCCc1ccccc1.[CaH2]. The van der Waals surface area contributed by atoms with Gasteiger partial charge in [-0.05, 0) is 12.0 Å². The number of benzene rings is 1. The molecule has 0 saturated heterocycles. The Bertz CT molecular complexity index is 162. The van der Waals surface area contributed by atoms with Gasteiger partial charge in [0.2, 0.25) is 0 Å². The van der Waals surface area contributed by atoms with Crippen LogP contribution in [0.5, 0.6) is 0 Å². The Kier molecular flexibility index (Phi) is 6.44. The van der Waals surface area contributed by atoms with Crippen LogP contribution in [0.4, 0.5) is 0 Å². The number of rotatable bonds is 2. The van der Waals surface area contributed by atoms with Crippen LogP contribution in [0.3, 0.4) is 0 Å². The normalized spacial score (nSPS) is 8.50. The summed E-state index contributed by atoms with van der Waals surface area (Å²) in [6.45, 7) is 0.240. The minimum absolute atomic E-state index is 0. The molecule has 2 heteroatoms. The molecule has 1 aromatic carbocycles. The van der Waals surface area contributed by atoms with Gasteiger partial charge in [0.1, 0.15) is 0 Å². The molecule has 0 aliphatic rings. The van der Waals surface area contributed by atoms with Gasteiger partial charge in [-0.3, -0.25) is 0 Å². The molecule has 0 aliphatic carbocycles. The van der Waals surface area contributed by atoms with Gasteiger partial charge in [-0.2, -0.15) is 0 Å². The first-order chi connectivity index (χ1) is 4.43. The average Bonchev–Trinajstić information content (AvgIpc) is 1.91. The van der Waals surface area contributed by atoms with Crippen LogP contribution in [-0.4, -0.2) is 49.5 Å². The van der Waals surface area contributed by atoms with Gasteiger partial charge in [0.15, 0.2) is 0 Å². The van der Waals surface area contributed by atoms with Crippen LogP contribution >= 0.6 is 0 Å². The zero-order valence-corrected chi connectivity index (χ0v) is 5.25. The third kappa shape index (κ3) is 3.57. The summed E-state index contributed by atoms with van der Waals surface area (Å²) >= 11 is 0. The van der Waals surface area contributed by atoms with E-state index in [1.165, 1.54) is 5.56 Å². The second-order valence-electron chi connectivity index (χ2n) is 1.96. The molecule has 1 nitrogen and oxygen atoms in total. The molecule has 1 N–H and O–H groups in total. The predicted molar refractivity (Wildman–Crippen MR) is 45.8 cm³/mol. The molecule has 0 heterocycles. The molecule has 0 amide bonds. The number of hydrogen-bond donors (Lipinski definition) is 1. The van der Waals surface area contributed by atoms with Crippen molar-refractivity contribution in [3.8, 4) is 0 Å². The summed E-state index contributed by atoms with van der Waals surface area (Å²) in [5, 5.41) is 8.52. The van der Waals surface area contributed by atoms with Gasteiger partial charge in [-0.25, -0.2) is 0 Å². The second kappa shape index (κ2) is 6.17. The van der Waals surface area contributed by atoms with E-state index in [-0.39, 0.29) is 44.3 Å². The third-order valence-corrected chi connectivity index (χ3v) is 1.24. The number of aliphatic hydroxyl groups excluding tert-OH is 1. The van der Waals surface area contributed by atoms with Crippen LogP contribution in [0.15, 0.2) is 30.3 Å². The Balaban J connectivity index is 0.000000810. The zero-order chi connectivity index (χ0) is 6.53. The number of hydrogen-bond acceptors (Lipinski definition) is 1. The van der Waals surface area contributed by atoms with Crippen molar-refractivity contribution >= 4 is 37.7 Å². The summed E-state index contributed by atoms with van der Waals surface area (Å²) in [5.41, 5.74) is 1.19. The molecular weight excluding hydrogens is 152 g/mol. The van der Waals surface area contributed by atoms with Crippen molar-refractivity contribution in [2.75, 3.05) is 6.61 Å². The number of aliphatic hydroxyl groups is 1. The first-order valence-corrected chi connectivity index (χ1v) is 3.08. The van der Waals surface area contributed by atoms with Crippen LogP contribution < -0.4 is 0 Å². The van der Waals surface area contributed by atoms with Gasteiger partial charge in [0, 0.05) is 6.61 Å². The van der Waals surface area contributed by atoms with Gasteiger partial charge >= 0.3 is 37.7 Å². The van der Waals surface area contributed by atoms with E-state index in [0.717, 1.165) is 6.42 Å². The van der Waals surface area contributed by atoms with Crippen LogP contribution in [0.1, 0.15) is 5.56 Å². The fourth-order valence-corrected chi connectivity index (χ4v) is 0.774. The first-order valence-electron chi connectivity index (χ1n) is 3.08. The van der Waals surface area contributed by atoms with Crippen molar-refractivity contribution in [1.82, 2.24) is 0 Å². The molecule has 0 saturated carbocycles. The van der Waals surface area contributed by atoms with Crippen molar-refractivity contribution in [2.24, 2.45) is 0 Å². The molecule has 0 atom stereocenters. The summed E-state index contributed by atoms with van der Waals surface area (Å²) in [4.78, 5) is 0. The maximum atomic E-state index is 8.52. The fraction of sp³-hybridized carbons (Fsp3) is 0.250. The fourth-order valence-electron chi connectivity index (χ4n) is 0.774. The standard InChI is InChI=1S/C8H10O.Ca.2H/c9-7-6-8-4-2-1-3-5-8;;;/h1-5,9H,6-7H2;;;. The van der Waals surface area contributed by atoms with E-state index in [1.54, 1.807) is 0 Å². The monoisotopic (exact) mass is 164 g/mol. The van der Waals surface area contributed by atoms with Crippen molar-refractivity contribution in [3.63, 3.8) is 0 Å². The summed E-state index contributed by atoms with van der Waals surface area (Å²) in [5.74, 6) is 0. The molecule has 0 spiro atoms. The van der Waals surface area contributed by atoms with E-state index in [0.29, 0.717) is 0 Å². The molecule has 0 radical (unpaired) electrons. The molecule has 0 aromatic heterocycles. The topological polar surface area (TPSA) is 20.2 Å². The van der Waals surface area contributed by atoms with Crippen molar-refractivity contribution < 1.29 is 5.11 Å². The van der Waals surface area contributed by atoms with Gasteiger partial charge in [0.05, 0.1) is 0 Å². The van der Waals surface area contributed by atoms with Crippen LogP contribution in [0.2, 0.25) is 0 Å². The molecule has 10 heavy (non-hydrogen) atoms.